The van der Waals surface area contributed by atoms with E-state index in [2.05, 4.69) is 0 Å². The van der Waals surface area contributed by atoms with Crippen molar-refractivity contribution >= 4 is 11.9 Å². The number of rotatable bonds is 4. The molecule has 0 heterocycles. The van der Waals surface area contributed by atoms with Gasteiger partial charge in [-0.1, -0.05) is 55.5 Å². The minimum atomic E-state index is -0.933. The number of carboxylic acid groups (broad SMARTS) is 1. The number of esters is 1. The molecule has 0 saturated heterocycles. The standard InChI is InChI=1S/C21H20O4/c1-2-11-25-21(24)19-17-14-9-5-3-7-12(14)16(18(19)20(22)23)13-8-4-6-10-15(13)17/h3-10,16-19H,2,11H2,1H3,(H,22,23)/t16?,17?,18-,19+/m0/s1. The molecule has 1 N–H and O–H groups in total. The summed E-state index contributed by atoms with van der Waals surface area (Å²) in [5, 5.41) is 9.95. The van der Waals surface area contributed by atoms with Crippen LogP contribution in [-0.4, -0.2) is 23.7 Å². The first kappa shape index (κ1) is 15.9. The van der Waals surface area contributed by atoms with E-state index in [1.165, 1.54) is 0 Å². The van der Waals surface area contributed by atoms with Gasteiger partial charge in [0.25, 0.3) is 0 Å². The number of carbonyl (C=O) groups is 2. The SMILES string of the molecule is CCCOC(=O)[C@@H]1C2c3ccccc3C(c3ccccc32)[C@@H]1C(=O)O. The first-order chi connectivity index (χ1) is 12.1. The van der Waals surface area contributed by atoms with E-state index >= 15 is 0 Å². The maximum absolute atomic E-state index is 12.8. The Morgan fingerprint density at radius 3 is 1.72 bits per heavy atom. The molecule has 0 amide bonds. The summed E-state index contributed by atoms with van der Waals surface area (Å²) in [6.45, 7) is 2.25. The van der Waals surface area contributed by atoms with Crippen LogP contribution in [0.25, 0.3) is 0 Å². The van der Waals surface area contributed by atoms with E-state index in [1.54, 1.807) is 0 Å². The third-order valence-corrected chi connectivity index (χ3v) is 5.44. The molecule has 4 nitrogen and oxygen atoms in total. The molecule has 4 heteroatoms. The molecule has 0 aromatic heterocycles. The molecule has 0 saturated carbocycles. The average molecular weight is 336 g/mol. The van der Waals surface area contributed by atoms with Gasteiger partial charge in [0.05, 0.1) is 18.4 Å². The van der Waals surface area contributed by atoms with Crippen molar-refractivity contribution in [1.82, 2.24) is 0 Å². The van der Waals surface area contributed by atoms with Gasteiger partial charge in [-0.25, -0.2) is 0 Å². The van der Waals surface area contributed by atoms with Crippen molar-refractivity contribution in [3.63, 3.8) is 0 Å². The molecule has 25 heavy (non-hydrogen) atoms. The van der Waals surface area contributed by atoms with Gasteiger partial charge in [0.1, 0.15) is 0 Å². The molecule has 2 bridgehead atoms. The number of hydrogen-bond acceptors (Lipinski definition) is 3. The Morgan fingerprint density at radius 2 is 1.32 bits per heavy atom. The highest BCUT2D eigenvalue weighted by Gasteiger charge is 2.55. The Hall–Kier alpha value is -2.62. The second-order valence-corrected chi connectivity index (χ2v) is 6.77. The van der Waals surface area contributed by atoms with Crippen molar-refractivity contribution in [2.24, 2.45) is 11.8 Å². The van der Waals surface area contributed by atoms with Crippen LogP contribution in [0, 0.1) is 11.8 Å². The van der Waals surface area contributed by atoms with Gasteiger partial charge in [0.2, 0.25) is 0 Å². The Balaban J connectivity index is 1.92. The van der Waals surface area contributed by atoms with E-state index < -0.39 is 23.8 Å². The predicted molar refractivity (Wildman–Crippen MR) is 92.4 cm³/mol. The summed E-state index contributed by atoms with van der Waals surface area (Å²) in [6, 6.07) is 15.8. The van der Waals surface area contributed by atoms with Gasteiger partial charge in [-0.05, 0) is 28.7 Å². The van der Waals surface area contributed by atoms with Gasteiger partial charge in [0, 0.05) is 11.8 Å². The number of ether oxygens (including phenoxy) is 1. The predicted octanol–water partition coefficient (Wildman–Crippen LogP) is 3.55. The Morgan fingerprint density at radius 1 is 0.880 bits per heavy atom. The molecular formula is C21H20O4. The molecule has 3 aliphatic carbocycles. The van der Waals surface area contributed by atoms with Gasteiger partial charge < -0.3 is 9.84 Å². The van der Waals surface area contributed by atoms with Crippen LogP contribution in [0.4, 0.5) is 0 Å². The minimum absolute atomic E-state index is 0.261. The van der Waals surface area contributed by atoms with E-state index in [0.717, 1.165) is 28.7 Å². The number of benzene rings is 2. The highest BCUT2D eigenvalue weighted by atomic mass is 16.5. The van der Waals surface area contributed by atoms with Crippen LogP contribution in [0.2, 0.25) is 0 Å². The first-order valence-corrected chi connectivity index (χ1v) is 8.72. The lowest BCUT2D eigenvalue weighted by Crippen LogP contribution is -2.47. The first-order valence-electron chi connectivity index (χ1n) is 8.72. The van der Waals surface area contributed by atoms with E-state index in [4.69, 9.17) is 4.74 Å². The number of carboxylic acids is 1. The highest BCUT2D eigenvalue weighted by molar-refractivity contribution is 5.87. The average Bonchev–Trinajstić information content (AvgIpc) is 2.65. The van der Waals surface area contributed by atoms with Gasteiger partial charge in [-0.15, -0.1) is 0 Å². The summed E-state index contributed by atoms with van der Waals surface area (Å²) >= 11 is 0. The molecule has 128 valence electrons. The van der Waals surface area contributed by atoms with E-state index in [9.17, 15) is 14.7 Å². The maximum atomic E-state index is 12.8. The molecule has 0 fully saturated rings. The van der Waals surface area contributed by atoms with Crippen molar-refractivity contribution in [3.05, 3.63) is 70.8 Å². The van der Waals surface area contributed by atoms with Gasteiger partial charge in [-0.3, -0.25) is 9.59 Å². The minimum Gasteiger partial charge on any atom is -0.481 e. The zero-order chi connectivity index (χ0) is 17.6. The fourth-order valence-corrected chi connectivity index (χ4v) is 4.56. The molecule has 2 aromatic carbocycles. The van der Waals surface area contributed by atoms with Crippen molar-refractivity contribution < 1.29 is 19.4 Å². The molecule has 0 radical (unpaired) electrons. The Bertz CT molecular complexity index is 794. The van der Waals surface area contributed by atoms with Crippen molar-refractivity contribution in [3.8, 4) is 0 Å². The molecule has 0 unspecified atom stereocenters. The molecule has 5 rings (SSSR count). The second-order valence-electron chi connectivity index (χ2n) is 6.77. The lowest BCUT2D eigenvalue weighted by atomic mass is 9.54. The van der Waals surface area contributed by atoms with Crippen molar-refractivity contribution in [2.45, 2.75) is 25.2 Å². The number of carbonyl (C=O) groups excluding carboxylic acids is 1. The van der Waals surface area contributed by atoms with Crippen LogP contribution in [0.15, 0.2) is 48.5 Å². The van der Waals surface area contributed by atoms with Crippen LogP contribution in [0.3, 0.4) is 0 Å². The lowest BCUT2D eigenvalue weighted by molar-refractivity contribution is -0.160. The fraction of sp³-hybridized carbons (Fsp3) is 0.333. The van der Waals surface area contributed by atoms with E-state index in [0.29, 0.717) is 6.61 Å². The smallest absolute Gasteiger partial charge is 0.310 e. The number of hydrogen-bond donors (Lipinski definition) is 1. The monoisotopic (exact) mass is 336 g/mol. The zero-order valence-electron chi connectivity index (χ0n) is 14.0. The summed E-state index contributed by atoms with van der Waals surface area (Å²) in [4.78, 5) is 24.9. The fourth-order valence-electron chi connectivity index (χ4n) is 4.56. The van der Waals surface area contributed by atoms with Crippen LogP contribution in [-0.2, 0) is 14.3 Å². The van der Waals surface area contributed by atoms with Crippen molar-refractivity contribution in [1.29, 1.82) is 0 Å². The molecule has 2 aromatic rings. The maximum Gasteiger partial charge on any atom is 0.310 e. The van der Waals surface area contributed by atoms with Crippen LogP contribution in [0.5, 0.6) is 0 Å². The molecular weight excluding hydrogens is 316 g/mol. The summed E-state index contributed by atoms with van der Waals surface area (Å²) < 4.78 is 5.39. The third-order valence-electron chi connectivity index (χ3n) is 5.44. The van der Waals surface area contributed by atoms with Crippen molar-refractivity contribution in [2.75, 3.05) is 6.61 Å². The Kier molecular flexibility index (Phi) is 3.83. The van der Waals surface area contributed by atoms with E-state index in [-0.39, 0.29) is 11.8 Å². The third kappa shape index (κ3) is 2.28. The quantitative estimate of drug-likeness (QED) is 0.867. The number of fused-ring (bicyclic) bond motifs is 1. The van der Waals surface area contributed by atoms with Gasteiger partial charge in [-0.2, -0.15) is 0 Å². The second kappa shape index (κ2) is 6.03. The van der Waals surface area contributed by atoms with Crippen LogP contribution < -0.4 is 0 Å². The Labute approximate surface area is 146 Å². The summed E-state index contributed by atoms with van der Waals surface area (Å²) in [5.41, 5.74) is 4.17. The van der Waals surface area contributed by atoms with Crippen LogP contribution in [0.1, 0.15) is 47.4 Å². The lowest BCUT2D eigenvalue weighted by Gasteiger charge is -2.47. The van der Waals surface area contributed by atoms with Gasteiger partial charge >= 0.3 is 11.9 Å². The largest absolute Gasteiger partial charge is 0.481 e. The summed E-state index contributed by atoms with van der Waals surface area (Å²) in [6.07, 6.45) is 0.720. The zero-order valence-corrected chi connectivity index (χ0v) is 14.0. The van der Waals surface area contributed by atoms with Crippen LogP contribution >= 0.6 is 0 Å². The topological polar surface area (TPSA) is 63.6 Å². The normalized spacial score (nSPS) is 25.8. The van der Waals surface area contributed by atoms with Gasteiger partial charge in [0.15, 0.2) is 0 Å². The summed E-state index contributed by atoms with van der Waals surface area (Å²) in [7, 11) is 0. The molecule has 0 spiro atoms. The summed E-state index contributed by atoms with van der Waals surface area (Å²) in [5.74, 6) is -3.37. The highest BCUT2D eigenvalue weighted by Crippen LogP contribution is 2.58. The van der Waals surface area contributed by atoms with E-state index in [1.807, 2.05) is 55.5 Å². The molecule has 3 aliphatic rings. The number of aliphatic carboxylic acids is 1. The molecule has 2 atom stereocenters. The molecule has 0 aliphatic heterocycles.